The lowest BCUT2D eigenvalue weighted by molar-refractivity contribution is 0.102. The largest absolute Gasteiger partial charge is 0.383 e. The second-order valence-electron chi connectivity index (χ2n) is 5.45. The zero-order valence-corrected chi connectivity index (χ0v) is 16.1. The number of rotatable bonds is 6. The molecule has 1 N–H and O–H groups in total. The summed E-state index contributed by atoms with van der Waals surface area (Å²) in [6.07, 6.45) is 1.82. The molecule has 0 bridgehead atoms. The first-order chi connectivity index (χ1) is 12.7. The number of hydrogen-bond donors (Lipinski definition) is 1. The number of methoxy groups -OCH3 is 1. The molecule has 0 saturated heterocycles. The summed E-state index contributed by atoms with van der Waals surface area (Å²) in [6.45, 7) is 1.10. The average Bonchev–Trinajstić information content (AvgIpc) is 3.08. The van der Waals surface area contributed by atoms with Gasteiger partial charge in [0.1, 0.15) is 0 Å². The molecule has 0 unspecified atom stereocenters. The van der Waals surface area contributed by atoms with Gasteiger partial charge in [-0.2, -0.15) is 0 Å². The highest BCUT2D eigenvalue weighted by Crippen LogP contribution is 2.14. The fourth-order valence-corrected chi connectivity index (χ4v) is 2.58. The van der Waals surface area contributed by atoms with Crippen LogP contribution in [0.5, 0.6) is 0 Å². The van der Waals surface area contributed by atoms with E-state index < -0.39 is 0 Å². The van der Waals surface area contributed by atoms with E-state index >= 15 is 0 Å². The fraction of sp³-hybridized carbons (Fsp3) is 0.200. The van der Waals surface area contributed by atoms with E-state index in [-0.39, 0.29) is 11.5 Å². The third kappa shape index (κ3) is 5.82. The maximum atomic E-state index is 11.6. The zero-order chi connectivity index (χ0) is 18.8. The first-order valence-corrected chi connectivity index (χ1v) is 9.26. The van der Waals surface area contributed by atoms with Crippen LogP contribution in [0.4, 0.5) is 0 Å². The van der Waals surface area contributed by atoms with E-state index in [1.165, 1.54) is 0 Å². The van der Waals surface area contributed by atoms with Gasteiger partial charge in [0, 0.05) is 18.9 Å². The highest BCUT2D eigenvalue weighted by molar-refractivity contribution is 9.09. The van der Waals surface area contributed by atoms with Gasteiger partial charge in [0.15, 0.2) is 5.78 Å². The summed E-state index contributed by atoms with van der Waals surface area (Å²) in [5, 5.41) is 0.400. The van der Waals surface area contributed by atoms with Gasteiger partial charge in [-0.3, -0.25) is 9.36 Å². The molecule has 2 aromatic carbocycles. The van der Waals surface area contributed by atoms with E-state index in [9.17, 15) is 9.59 Å². The number of aromatic nitrogens is 2. The Labute approximate surface area is 160 Å². The number of H-pyrrole nitrogens is 1. The van der Waals surface area contributed by atoms with E-state index in [0.29, 0.717) is 18.5 Å². The first kappa shape index (κ1) is 19.9. The van der Waals surface area contributed by atoms with E-state index in [0.717, 1.165) is 16.8 Å². The van der Waals surface area contributed by atoms with Gasteiger partial charge in [-0.1, -0.05) is 76.6 Å². The summed E-state index contributed by atoms with van der Waals surface area (Å²) in [4.78, 5) is 25.4. The lowest BCUT2D eigenvalue weighted by atomic mass is 10.2. The molecule has 0 radical (unpaired) electrons. The standard InChI is InChI=1S/C12H14N2O2.C8H7BrO/c1-16-8-7-14-9-11(13-12(14)15)10-5-3-2-4-6-10;9-6-8(10)7-4-2-1-3-5-7/h2-6,9H,7-8H2,1H3,(H,13,15);1-5H,6H2. The molecule has 6 heteroatoms. The highest BCUT2D eigenvalue weighted by atomic mass is 79.9. The summed E-state index contributed by atoms with van der Waals surface area (Å²) in [5.41, 5.74) is 2.51. The molecule has 0 saturated carbocycles. The third-order valence-electron chi connectivity index (χ3n) is 3.63. The molecule has 5 nitrogen and oxygen atoms in total. The Hall–Kier alpha value is -2.44. The van der Waals surface area contributed by atoms with Gasteiger partial charge in [-0.25, -0.2) is 4.79 Å². The van der Waals surface area contributed by atoms with Crippen LogP contribution in [0.3, 0.4) is 0 Å². The Morgan fingerprint density at radius 1 is 1.08 bits per heavy atom. The third-order valence-corrected chi connectivity index (χ3v) is 4.13. The molecular formula is C20H21BrN2O3. The Balaban J connectivity index is 0.000000209. The van der Waals surface area contributed by atoms with Crippen LogP contribution in [-0.4, -0.2) is 34.4 Å². The van der Waals surface area contributed by atoms with Crippen molar-refractivity contribution in [2.75, 3.05) is 19.0 Å². The van der Waals surface area contributed by atoms with Crippen LogP contribution in [0.15, 0.2) is 71.7 Å². The van der Waals surface area contributed by atoms with Gasteiger partial charge in [-0.15, -0.1) is 0 Å². The monoisotopic (exact) mass is 416 g/mol. The lowest BCUT2D eigenvalue weighted by Gasteiger charge is -1.98. The van der Waals surface area contributed by atoms with Crippen molar-refractivity contribution in [2.24, 2.45) is 0 Å². The summed E-state index contributed by atoms with van der Waals surface area (Å²) in [7, 11) is 1.62. The average molecular weight is 417 g/mol. The van der Waals surface area contributed by atoms with Gasteiger partial charge in [0.2, 0.25) is 0 Å². The number of carbonyl (C=O) groups excluding carboxylic acids is 1. The second-order valence-corrected chi connectivity index (χ2v) is 6.01. The summed E-state index contributed by atoms with van der Waals surface area (Å²) < 4.78 is 6.56. The Kier molecular flexibility index (Phi) is 8.05. The molecule has 0 aliphatic rings. The van der Waals surface area contributed by atoms with Crippen molar-refractivity contribution >= 4 is 21.7 Å². The van der Waals surface area contributed by atoms with Crippen molar-refractivity contribution in [1.29, 1.82) is 0 Å². The van der Waals surface area contributed by atoms with Gasteiger partial charge in [0.05, 0.1) is 24.2 Å². The summed E-state index contributed by atoms with van der Waals surface area (Å²) in [6, 6.07) is 19.0. The number of alkyl halides is 1. The number of nitrogens with one attached hydrogen (secondary N) is 1. The maximum Gasteiger partial charge on any atom is 0.326 e. The minimum absolute atomic E-state index is 0.101. The Bertz CT molecular complexity index is 858. The topological polar surface area (TPSA) is 64.1 Å². The van der Waals surface area contributed by atoms with E-state index in [4.69, 9.17) is 4.74 Å². The number of nitrogens with zero attached hydrogens (tertiary/aromatic N) is 1. The van der Waals surface area contributed by atoms with Gasteiger partial charge in [-0.05, 0) is 5.56 Å². The number of benzene rings is 2. The molecule has 0 amide bonds. The molecular weight excluding hydrogens is 396 g/mol. The number of ketones is 1. The quantitative estimate of drug-likeness (QED) is 0.491. The minimum Gasteiger partial charge on any atom is -0.383 e. The van der Waals surface area contributed by atoms with Crippen molar-refractivity contribution in [3.05, 3.63) is 82.9 Å². The van der Waals surface area contributed by atoms with Crippen LogP contribution < -0.4 is 5.69 Å². The molecule has 3 rings (SSSR count). The van der Waals surface area contributed by atoms with Crippen LogP contribution >= 0.6 is 15.9 Å². The molecule has 0 aliphatic carbocycles. The summed E-state index contributed by atoms with van der Waals surface area (Å²) in [5.74, 6) is 0.126. The van der Waals surface area contributed by atoms with Crippen LogP contribution in [0, 0.1) is 0 Å². The number of Topliss-reactive ketones (excluding diaryl/α,β-unsaturated/α-hetero) is 1. The normalized spacial score (nSPS) is 10.1. The molecule has 0 fully saturated rings. The second kappa shape index (κ2) is 10.5. The Morgan fingerprint density at radius 2 is 1.69 bits per heavy atom. The Morgan fingerprint density at radius 3 is 2.27 bits per heavy atom. The predicted octanol–water partition coefficient (Wildman–Crippen LogP) is 3.75. The van der Waals surface area contributed by atoms with Crippen molar-refractivity contribution < 1.29 is 9.53 Å². The molecule has 1 heterocycles. The van der Waals surface area contributed by atoms with Gasteiger partial charge >= 0.3 is 5.69 Å². The molecule has 0 spiro atoms. The SMILES string of the molecule is COCCn1cc(-c2ccccc2)[nH]c1=O.O=C(CBr)c1ccccc1. The zero-order valence-electron chi connectivity index (χ0n) is 14.5. The number of ether oxygens (including phenoxy) is 1. The lowest BCUT2D eigenvalue weighted by Crippen LogP contribution is -2.18. The van der Waals surface area contributed by atoms with Crippen molar-refractivity contribution in [3.63, 3.8) is 0 Å². The van der Waals surface area contributed by atoms with Crippen LogP contribution in [0.25, 0.3) is 11.3 Å². The fourth-order valence-electron chi connectivity index (χ4n) is 2.26. The van der Waals surface area contributed by atoms with Gasteiger partial charge < -0.3 is 9.72 Å². The molecule has 0 atom stereocenters. The highest BCUT2D eigenvalue weighted by Gasteiger charge is 2.04. The van der Waals surface area contributed by atoms with Crippen LogP contribution in [0.1, 0.15) is 10.4 Å². The number of hydrogen-bond acceptors (Lipinski definition) is 3. The van der Waals surface area contributed by atoms with E-state index in [1.54, 1.807) is 11.7 Å². The van der Waals surface area contributed by atoms with E-state index in [1.807, 2.05) is 66.9 Å². The minimum atomic E-state index is -0.101. The number of aromatic amines is 1. The smallest absolute Gasteiger partial charge is 0.326 e. The number of halogens is 1. The van der Waals surface area contributed by atoms with Crippen molar-refractivity contribution in [1.82, 2.24) is 9.55 Å². The van der Waals surface area contributed by atoms with E-state index in [2.05, 4.69) is 20.9 Å². The number of carbonyl (C=O) groups is 1. The molecule has 136 valence electrons. The first-order valence-electron chi connectivity index (χ1n) is 8.13. The van der Waals surface area contributed by atoms with Crippen LogP contribution in [0.2, 0.25) is 0 Å². The molecule has 3 aromatic rings. The predicted molar refractivity (Wildman–Crippen MR) is 107 cm³/mol. The van der Waals surface area contributed by atoms with Crippen LogP contribution in [-0.2, 0) is 11.3 Å². The van der Waals surface area contributed by atoms with Crippen molar-refractivity contribution in [3.8, 4) is 11.3 Å². The molecule has 1 aromatic heterocycles. The van der Waals surface area contributed by atoms with Gasteiger partial charge in [0.25, 0.3) is 0 Å². The molecule has 0 aliphatic heterocycles. The summed E-state index contributed by atoms with van der Waals surface area (Å²) >= 11 is 3.10. The molecule has 26 heavy (non-hydrogen) atoms. The maximum absolute atomic E-state index is 11.6. The number of imidazole rings is 1. The van der Waals surface area contributed by atoms with Crippen molar-refractivity contribution in [2.45, 2.75) is 6.54 Å².